The Morgan fingerprint density at radius 1 is 1.07 bits per heavy atom. The van der Waals surface area contributed by atoms with Crippen LogP contribution in [0.2, 0.25) is 0 Å². The van der Waals surface area contributed by atoms with Crippen molar-refractivity contribution >= 4 is 22.6 Å². The largest absolute Gasteiger partial charge is 0.328 e. The number of anilines is 1. The molecule has 0 spiro atoms. The number of imidazole rings is 1. The Morgan fingerprint density at radius 3 is 2.79 bits per heavy atom. The molecule has 1 aliphatic heterocycles. The molecule has 4 aromatic rings. The van der Waals surface area contributed by atoms with E-state index in [-0.39, 0.29) is 5.91 Å². The molecule has 5 rings (SSSR count). The van der Waals surface area contributed by atoms with Crippen LogP contribution in [-0.4, -0.2) is 30.2 Å². The lowest BCUT2D eigenvalue weighted by molar-refractivity contribution is 0.102. The van der Waals surface area contributed by atoms with Gasteiger partial charge in [0, 0.05) is 24.2 Å². The highest BCUT2D eigenvalue weighted by Crippen LogP contribution is 2.24. The van der Waals surface area contributed by atoms with Crippen molar-refractivity contribution in [3.8, 4) is 0 Å². The average molecular weight is 386 g/mol. The molecule has 29 heavy (non-hydrogen) atoms. The Bertz CT molecular complexity index is 1140. The molecule has 7 nitrogen and oxygen atoms in total. The number of fused-ring (bicyclic) bond motifs is 3. The van der Waals surface area contributed by atoms with Gasteiger partial charge in [0.2, 0.25) is 0 Å². The number of amides is 1. The lowest BCUT2D eigenvalue weighted by atomic mass is 10.1. The predicted octanol–water partition coefficient (Wildman–Crippen LogP) is 3.65. The smallest absolute Gasteiger partial charge is 0.255 e. The van der Waals surface area contributed by atoms with E-state index >= 15 is 0 Å². The fourth-order valence-corrected chi connectivity index (χ4v) is 3.89. The Morgan fingerprint density at radius 2 is 1.97 bits per heavy atom. The molecular weight excluding hydrogens is 364 g/mol. The predicted molar refractivity (Wildman–Crippen MR) is 111 cm³/mol. The molecule has 2 aromatic heterocycles. The molecular formula is C22H22N6O. The number of hydrogen-bond donors (Lipinski definition) is 1. The first-order chi connectivity index (χ1) is 14.3. The topological polar surface area (TPSA) is 77.6 Å². The van der Waals surface area contributed by atoms with Gasteiger partial charge in [-0.05, 0) is 48.7 Å². The van der Waals surface area contributed by atoms with Gasteiger partial charge in [-0.2, -0.15) is 5.10 Å². The van der Waals surface area contributed by atoms with Crippen molar-refractivity contribution in [2.24, 2.45) is 0 Å². The Balaban J connectivity index is 1.31. The SMILES string of the molecule is O=C(Nc1ccc2c(c1)nc1n2CCCCC1)c1ccc(Cn2cncn2)cc1. The molecule has 0 radical (unpaired) electrons. The minimum Gasteiger partial charge on any atom is -0.328 e. The zero-order valence-electron chi connectivity index (χ0n) is 16.1. The molecule has 0 unspecified atom stereocenters. The van der Waals surface area contributed by atoms with Crippen LogP contribution in [0.1, 0.15) is 41.0 Å². The Labute approximate surface area is 168 Å². The summed E-state index contributed by atoms with van der Waals surface area (Å²) in [6.07, 6.45) is 7.86. The molecule has 0 fully saturated rings. The third-order valence-corrected chi connectivity index (χ3v) is 5.39. The summed E-state index contributed by atoms with van der Waals surface area (Å²) in [6.45, 7) is 1.65. The molecule has 0 atom stereocenters. The number of rotatable bonds is 4. The number of aryl methyl sites for hydroxylation is 2. The number of carbonyl (C=O) groups excluding carboxylic acids is 1. The van der Waals surface area contributed by atoms with Gasteiger partial charge in [0.1, 0.15) is 18.5 Å². The molecule has 1 amide bonds. The molecule has 7 heteroatoms. The normalized spacial score (nSPS) is 13.8. The lowest BCUT2D eigenvalue weighted by Gasteiger charge is -2.08. The highest BCUT2D eigenvalue weighted by molar-refractivity contribution is 6.05. The third kappa shape index (κ3) is 3.63. The van der Waals surface area contributed by atoms with E-state index in [1.54, 1.807) is 11.0 Å². The maximum absolute atomic E-state index is 12.7. The van der Waals surface area contributed by atoms with Crippen LogP contribution >= 0.6 is 0 Å². The van der Waals surface area contributed by atoms with Gasteiger partial charge in [0.05, 0.1) is 17.6 Å². The van der Waals surface area contributed by atoms with Gasteiger partial charge >= 0.3 is 0 Å². The Kier molecular flexibility index (Phi) is 4.56. The third-order valence-electron chi connectivity index (χ3n) is 5.39. The quantitative estimate of drug-likeness (QED) is 0.581. The van der Waals surface area contributed by atoms with E-state index in [2.05, 4.69) is 26.0 Å². The number of carbonyl (C=O) groups is 1. The average Bonchev–Trinajstić information content (AvgIpc) is 3.29. The summed E-state index contributed by atoms with van der Waals surface area (Å²) in [5.74, 6) is 1.03. The van der Waals surface area contributed by atoms with Crippen LogP contribution in [0.25, 0.3) is 11.0 Å². The first-order valence-corrected chi connectivity index (χ1v) is 9.98. The van der Waals surface area contributed by atoms with E-state index < -0.39 is 0 Å². The fourth-order valence-electron chi connectivity index (χ4n) is 3.89. The summed E-state index contributed by atoms with van der Waals surface area (Å²) in [5.41, 5.74) is 4.55. The summed E-state index contributed by atoms with van der Waals surface area (Å²) in [5, 5.41) is 7.09. The highest BCUT2D eigenvalue weighted by atomic mass is 16.1. The number of nitrogens with one attached hydrogen (secondary N) is 1. The van der Waals surface area contributed by atoms with Gasteiger partial charge in [0.15, 0.2) is 0 Å². The van der Waals surface area contributed by atoms with E-state index in [4.69, 9.17) is 4.98 Å². The first-order valence-electron chi connectivity index (χ1n) is 9.98. The van der Waals surface area contributed by atoms with E-state index in [0.29, 0.717) is 12.1 Å². The van der Waals surface area contributed by atoms with Gasteiger partial charge in [0.25, 0.3) is 5.91 Å². The van der Waals surface area contributed by atoms with Gasteiger partial charge < -0.3 is 9.88 Å². The molecule has 2 aromatic carbocycles. The van der Waals surface area contributed by atoms with Crippen molar-refractivity contribution in [2.75, 3.05) is 5.32 Å². The van der Waals surface area contributed by atoms with Crippen molar-refractivity contribution in [3.63, 3.8) is 0 Å². The standard InChI is InChI=1S/C22H22N6O/c29-22(17-7-5-16(6-8-17)13-27-15-23-14-24-27)25-18-9-10-20-19(12-18)26-21-4-2-1-3-11-28(20)21/h5-10,12,14-15H,1-4,11,13H2,(H,25,29). The number of nitrogens with zero attached hydrogens (tertiary/aromatic N) is 5. The Hall–Kier alpha value is -3.48. The van der Waals surface area contributed by atoms with Crippen LogP contribution in [0.4, 0.5) is 5.69 Å². The van der Waals surface area contributed by atoms with Gasteiger partial charge in [-0.3, -0.25) is 4.79 Å². The van der Waals surface area contributed by atoms with Crippen LogP contribution in [0.3, 0.4) is 0 Å². The van der Waals surface area contributed by atoms with Crippen molar-refractivity contribution in [1.29, 1.82) is 0 Å². The molecule has 1 aliphatic rings. The second-order valence-corrected chi connectivity index (χ2v) is 7.44. The maximum atomic E-state index is 12.7. The second kappa shape index (κ2) is 7.50. The van der Waals surface area contributed by atoms with E-state index in [0.717, 1.165) is 41.1 Å². The van der Waals surface area contributed by atoms with Crippen molar-refractivity contribution < 1.29 is 4.79 Å². The molecule has 0 saturated heterocycles. The van der Waals surface area contributed by atoms with Crippen LogP contribution in [0.15, 0.2) is 55.1 Å². The lowest BCUT2D eigenvalue weighted by Crippen LogP contribution is -2.12. The van der Waals surface area contributed by atoms with Crippen molar-refractivity contribution in [2.45, 2.75) is 38.8 Å². The molecule has 3 heterocycles. The summed E-state index contributed by atoms with van der Waals surface area (Å²) >= 11 is 0. The molecule has 0 aliphatic carbocycles. The fraction of sp³-hybridized carbons (Fsp3) is 0.273. The second-order valence-electron chi connectivity index (χ2n) is 7.44. The van der Waals surface area contributed by atoms with Crippen LogP contribution in [0.5, 0.6) is 0 Å². The maximum Gasteiger partial charge on any atom is 0.255 e. The van der Waals surface area contributed by atoms with E-state index in [1.165, 1.54) is 25.6 Å². The summed E-state index contributed by atoms with van der Waals surface area (Å²) in [6, 6.07) is 13.5. The van der Waals surface area contributed by atoms with Gasteiger partial charge in [-0.15, -0.1) is 0 Å². The summed E-state index contributed by atoms with van der Waals surface area (Å²) in [4.78, 5) is 21.4. The number of hydrogen-bond acceptors (Lipinski definition) is 4. The molecule has 146 valence electrons. The molecule has 1 N–H and O–H groups in total. The monoisotopic (exact) mass is 386 g/mol. The summed E-state index contributed by atoms with van der Waals surface area (Å²) < 4.78 is 4.07. The minimum absolute atomic E-state index is 0.127. The highest BCUT2D eigenvalue weighted by Gasteiger charge is 2.14. The zero-order valence-corrected chi connectivity index (χ0v) is 16.1. The van der Waals surface area contributed by atoms with Crippen molar-refractivity contribution in [1.82, 2.24) is 24.3 Å². The van der Waals surface area contributed by atoms with Crippen LogP contribution < -0.4 is 5.32 Å². The number of benzene rings is 2. The first kappa shape index (κ1) is 17.6. The van der Waals surface area contributed by atoms with E-state index in [1.807, 2.05) is 36.4 Å². The minimum atomic E-state index is -0.127. The van der Waals surface area contributed by atoms with Gasteiger partial charge in [-0.25, -0.2) is 14.6 Å². The van der Waals surface area contributed by atoms with Crippen LogP contribution in [0, 0.1) is 0 Å². The van der Waals surface area contributed by atoms with Crippen LogP contribution in [-0.2, 0) is 19.5 Å². The molecule has 0 bridgehead atoms. The summed E-state index contributed by atoms with van der Waals surface area (Å²) in [7, 11) is 0. The molecule has 0 saturated carbocycles. The van der Waals surface area contributed by atoms with E-state index in [9.17, 15) is 4.79 Å². The zero-order chi connectivity index (χ0) is 19.6. The van der Waals surface area contributed by atoms with Crippen molar-refractivity contribution in [3.05, 3.63) is 72.1 Å². The number of aromatic nitrogens is 5. The van der Waals surface area contributed by atoms with Gasteiger partial charge in [-0.1, -0.05) is 18.6 Å².